The van der Waals surface area contributed by atoms with Crippen molar-refractivity contribution in [2.45, 2.75) is 19.4 Å². The molecular formula is C15H24N2O2. The first-order valence-corrected chi connectivity index (χ1v) is 6.91. The molecule has 2 N–H and O–H groups in total. The fraction of sp³-hybridized carbons (Fsp3) is 0.600. The van der Waals surface area contributed by atoms with E-state index < -0.39 is 0 Å². The Labute approximate surface area is 115 Å². The predicted molar refractivity (Wildman–Crippen MR) is 76.7 cm³/mol. The Balaban J connectivity index is 2.41. The van der Waals surface area contributed by atoms with Gasteiger partial charge in [0, 0.05) is 11.6 Å². The predicted octanol–water partition coefficient (Wildman–Crippen LogP) is 2.05. The highest BCUT2D eigenvalue weighted by Crippen LogP contribution is 2.41. The summed E-state index contributed by atoms with van der Waals surface area (Å²) in [6.45, 7) is 5.03. The second kappa shape index (κ2) is 6.26. The minimum absolute atomic E-state index is 0.333. The lowest BCUT2D eigenvalue weighted by Crippen LogP contribution is -2.28. The van der Waals surface area contributed by atoms with Crippen LogP contribution in [0.2, 0.25) is 0 Å². The largest absolute Gasteiger partial charge is 0.497 e. The Kier molecular flexibility index (Phi) is 4.66. The molecule has 0 aliphatic carbocycles. The van der Waals surface area contributed by atoms with E-state index in [1.54, 1.807) is 14.2 Å². The van der Waals surface area contributed by atoms with E-state index in [1.165, 1.54) is 5.56 Å². The minimum atomic E-state index is 0.333. The van der Waals surface area contributed by atoms with Crippen LogP contribution >= 0.6 is 0 Å². The van der Waals surface area contributed by atoms with Crippen molar-refractivity contribution >= 4 is 0 Å². The monoisotopic (exact) mass is 264 g/mol. The van der Waals surface area contributed by atoms with Crippen LogP contribution in [-0.4, -0.2) is 38.8 Å². The van der Waals surface area contributed by atoms with Gasteiger partial charge in [-0.3, -0.25) is 4.90 Å². The molecule has 0 spiro atoms. The van der Waals surface area contributed by atoms with Crippen molar-refractivity contribution in [3.05, 3.63) is 23.8 Å². The van der Waals surface area contributed by atoms with Gasteiger partial charge in [-0.25, -0.2) is 0 Å². The molecular weight excluding hydrogens is 240 g/mol. The third-order valence-electron chi connectivity index (χ3n) is 4.09. The zero-order chi connectivity index (χ0) is 13.8. The van der Waals surface area contributed by atoms with Crippen molar-refractivity contribution in [1.29, 1.82) is 0 Å². The summed E-state index contributed by atoms with van der Waals surface area (Å²) in [7, 11) is 3.41. The number of methoxy groups -OCH3 is 2. The number of nitrogens with zero attached hydrogens (tertiary/aromatic N) is 1. The van der Waals surface area contributed by atoms with E-state index in [9.17, 15) is 0 Å². The molecule has 1 saturated heterocycles. The number of likely N-dealkylation sites (tertiary alicyclic amines) is 1. The number of ether oxygens (including phenoxy) is 2. The van der Waals surface area contributed by atoms with Crippen LogP contribution in [0.25, 0.3) is 0 Å². The highest BCUT2D eigenvalue weighted by molar-refractivity contribution is 5.43. The van der Waals surface area contributed by atoms with Gasteiger partial charge < -0.3 is 15.2 Å². The van der Waals surface area contributed by atoms with Crippen LogP contribution in [0.15, 0.2) is 18.2 Å². The third-order valence-corrected chi connectivity index (χ3v) is 4.09. The molecule has 2 rings (SSSR count). The summed E-state index contributed by atoms with van der Waals surface area (Å²) in [6, 6.07) is 6.33. The van der Waals surface area contributed by atoms with E-state index in [2.05, 4.69) is 17.9 Å². The maximum Gasteiger partial charge on any atom is 0.123 e. The van der Waals surface area contributed by atoms with Gasteiger partial charge in [0.25, 0.3) is 0 Å². The average Bonchev–Trinajstić information content (AvgIpc) is 2.89. The van der Waals surface area contributed by atoms with Crippen LogP contribution in [0.1, 0.15) is 24.9 Å². The maximum atomic E-state index is 5.94. The molecule has 0 amide bonds. The molecule has 4 nitrogen and oxygen atoms in total. The van der Waals surface area contributed by atoms with Gasteiger partial charge >= 0.3 is 0 Å². The molecule has 0 radical (unpaired) electrons. The van der Waals surface area contributed by atoms with E-state index in [-0.39, 0.29) is 0 Å². The smallest absolute Gasteiger partial charge is 0.123 e. The van der Waals surface area contributed by atoms with Crippen LogP contribution in [0, 0.1) is 5.92 Å². The zero-order valence-corrected chi connectivity index (χ0v) is 12.1. The number of benzene rings is 1. The lowest BCUT2D eigenvalue weighted by Gasteiger charge is -2.28. The van der Waals surface area contributed by atoms with Crippen LogP contribution in [0.3, 0.4) is 0 Å². The minimum Gasteiger partial charge on any atom is -0.497 e. The maximum absolute atomic E-state index is 5.94. The first kappa shape index (κ1) is 14.2. The van der Waals surface area contributed by atoms with E-state index in [1.807, 2.05) is 12.1 Å². The zero-order valence-electron chi connectivity index (χ0n) is 12.1. The highest BCUT2D eigenvalue weighted by atomic mass is 16.5. The Morgan fingerprint density at radius 3 is 2.68 bits per heavy atom. The Morgan fingerprint density at radius 2 is 2.11 bits per heavy atom. The summed E-state index contributed by atoms with van der Waals surface area (Å²) in [5, 5.41) is 0. The van der Waals surface area contributed by atoms with E-state index in [0.717, 1.165) is 31.0 Å². The Morgan fingerprint density at radius 1 is 1.32 bits per heavy atom. The second-order valence-electron chi connectivity index (χ2n) is 4.97. The lowest BCUT2D eigenvalue weighted by atomic mass is 9.93. The normalized spacial score (nSPS) is 23.6. The lowest BCUT2D eigenvalue weighted by molar-refractivity contribution is 0.235. The molecule has 1 aromatic rings. The van der Waals surface area contributed by atoms with E-state index in [4.69, 9.17) is 15.2 Å². The quantitative estimate of drug-likeness (QED) is 0.884. The summed E-state index contributed by atoms with van der Waals surface area (Å²) in [5.74, 6) is 2.28. The molecule has 1 fully saturated rings. The van der Waals surface area contributed by atoms with Crippen molar-refractivity contribution < 1.29 is 9.47 Å². The molecule has 2 unspecified atom stereocenters. The van der Waals surface area contributed by atoms with Gasteiger partial charge in [0.1, 0.15) is 11.5 Å². The van der Waals surface area contributed by atoms with Gasteiger partial charge in [0.15, 0.2) is 0 Å². The first-order valence-electron chi connectivity index (χ1n) is 6.91. The summed E-state index contributed by atoms with van der Waals surface area (Å²) in [4.78, 5) is 2.47. The van der Waals surface area contributed by atoms with Gasteiger partial charge in [-0.2, -0.15) is 0 Å². The fourth-order valence-corrected chi connectivity index (χ4v) is 3.05. The summed E-state index contributed by atoms with van der Waals surface area (Å²) >= 11 is 0. The second-order valence-corrected chi connectivity index (χ2v) is 4.97. The Hall–Kier alpha value is -1.26. The fourth-order valence-electron chi connectivity index (χ4n) is 3.05. The molecule has 0 saturated carbocycles. The van der Waals surface area contributed by atoms with Gasteiger partial charge in [-0.05, 0) is 50.2 Å². The van der Waals surface area contributed by atoms with Gasteiger partial charge in [-0.15, -0.1) is 0 Å². The number of hydrogen-bond acceptors (Lipinski definition) is 4. The molecule has 2 atom stereocenters. The molecule has 1 heterocycles. The van der Waals surface area contributed by atoms with E-state index >= 15 is 0 Å². The highest BCUT2D eigenvalue weighted by Gasteiger charge is 2.35. The van der Waals surface area contributed by atoms with Crippen molar-refractivity contribution in [1.82, 2.24) is 4.90 Å². The van der Waals surface area contributed by atoms with Crippen LogP contribution < -0.4 is 15.2 Å². The van der Waals surface area contributed by atoms with Crippen LogP contribution in [0.4, 0.5) is 0 Å². The SMILES string of the molecule is CCN1CCC(CN)C1c1cc(OC)ccc1OC. The molecule has 4 heteroatoms. The molecule has 1 aliphatic rings. The summed E-state index contributed by atoms with van der Waals surface area (Å²) < 4.78 is 10.9. The number of rotatable bonds is 5. The van der Waals surface area contributed by atoms with E-state index in [0.29, 0.717) is 18.5 Å². The van der Waals surface area contributed by atoms with Gasteiger partial charge in [0.2, 0.25) is 0 Å². The molecule has 1 aromatic carbocycles. The van der Waals surface area contributed by atoms with Crippen molar-refractivity contribution in [2.24, 2.45) is 11.7 Å². The topological polar surface area (TPSA) is 47.7 Å². The number of hydrogen-bond donors (Lipinski definition) is 1. The van der Waals surface area contributed by atoms with Gasteiger partial charge in [0.05, 0.1) is 14.2 Å². The molecule has 1 aliphatic heterocycles. The molecule has 0 aromatic heterocycles. The third kappa shape index (κ3) is 2.69. The Bertz CT molecular complexity index is 411. The standard InChI is InChI=1S/C15H24N2O2/c1-4-17-8-7-11(10-16)15(17)13-9-12(18-2)5-6-14(13)19-3/h5-6,9,11,15H,4,7-8,10,16H2,1-3H3. The number of nitrogens with two attached hydrogens (primary N) is 1. The van der Waals surface area contributed by atoms with Crippen LogP contribution in [0.5, 0.6) is 11.5 Å². The van der Waals surface area contributed by atoms with Gasteiger partial charge in [-0.1, -0.05) is 6.92 Å². The average molecular weight is 264 g/mol. The van der Waals surface area contributed by atoms with Crippen LogP contribution in [-0.2, 0) is 0 Å². The molecule has 19 heavy (non-hydrogen) atoms. The summed E-state index contributed by atoms with van der Waals surface area (Å²) in [6.07, 6.45) is 1.15. The molecule has 106 valence electrons. The summed E-state index contributed by atoms with van der Waals surface area (Å²) in [5.41, 5.74) is 7.13. The van der Waals surface area contributed by atoms with Crippen molar-refractivity contribution in [3.63, 3.8) is 0 Å². The van der Waals surface area contributed by atoms with Crippen molar-refractivity contribution in [2.75, 3.05) is 33.9 Å². The first-order chi connectivity index (χ1) is 9.24. The molecule has 0 bridgehead atoms. The van der Waals surface area contributed by atoms with Crippen molar-refractivity contribution in [3.8, 4) is 11.5 Å².